The van der Waals surface area contributed by atoms with Gasteiger partial charge in [-0.25, -0.2) is 0 Å². The average Bonchev–Trinajstić information content (AvgIpc) is 2.66. The topological polar surface area (TPSA) is 92.5 Å². The van der Waals surface area contributed by atoms with Gasteiger partial charge in [-0.3, -0.25) is 19.7 Å². The van der Waals surface area contributed by atoms with E-state index in [0.29, 0.717) is 5.69 Å². The molecule has 1 fully saturated rings. The molecule has 0 radical (unpaired) electrons. The van der Waals surface area contributed by atoms with Gasteiger partial charge in [-0.2, -0.15) is 0 Å². The summed E-state index contributed by atoms with van der Waals surface area (Å²) in [6, 6.07) is 7.30. The van der Waals surface area contributed by atoms with Crippen molar-refractivity contribution in [2.45, 2.75) is 12.3 Å². The largest absolute Gasteiger partial charge is 0.368 e. The van der Waals surface area contributed by atoms with Crippen LogP contribution in [0.2, 0.25) is 0 Å². The minimum Gasteiger partial charge on any atom is -0.368 e. The van der Waals surface area contributed by atoms with Crippen LogP contribution in [0.4, 0.5) is 10.5 Å². The number of nitrogens with two attached hydrogens (primary N) is 1. The number of amides is 3. The van der Waals surface area contributed by atoms with E-state index in [0.717, 1.165) is 17.3 Å². The van der Waals surface area contributed by atoms with Gasteiger partial charge in [0.2, 0.25) is 5.91 Å². The van der Waals surface area contributed by atoms with Crippen LogP contribution in [-0.2, 0) is 9.59 Å². The van der Waals surface area contributed by atoms with Gasteiger partial charge in [0.25, 0.3) is 11.1 Å². The summed E-state index contributed by atoms with van der Waals surface area (Å²) in [5, 5.41) is 1.01. The lowest BCUT2D eigenvalue weighted by molar-refractivity contribution is -0.119. The van der Waals surface area contributed by atoms with Crippen molar-refractivity contribution in [1.29, 1.82) is 0 Å². The number of thioether (sulfide) groups is 1. The highest BCUT2D eigenvalue weighted by molar-refractivity contribution is 8.15. The van der Waals surface area contributed by atoms with E-state index in [9.17, 15) is 14.4 Å². The molecule has 0 aliphatic carbocycles. The predicted molar refractivity (Wildman–Crippen MR) is 72.6 cm³/mol. The number of anilines is 1. The van der Waals surface area contributed by atoms with E-state index in [-0.39, 0.29) is 6.54 Å². The van der Waals surface area contributed by atoms with E-state index in [2.05, 4.69) is 5.32 Å². The molecule has 100 valence electrons. The Balaban J connectivity index is 2.30. The summed E-state index contributed by atoms with van der Waals surface area (Å²) in [6.07, 6.45) is 0. The van der Waals surface area contributed by atoms with Gasteiger partial charge in [-0.1, -0.05) is 17.7 Å². The summed E-state index contributed by atoms with van der Waals surface area (Å²) in [4.78, 5) is 35.6. The molecule has 0 bridgehead atoms. The number of nitrogens with one attached hydrogen (secondary N) is 1. The lowest BCUT2D eigenvalue weighted by Crippen LogP contribution is -2.44. The van der Waals surface area contributed by atoms with Gasteiger partial charge in [0, 0.05) is 5.69 Å². The zero-order chi connectivity index (χ0) is 14.0. The second kappa shape index (κ2) is 5.31. The van der Waals surface area contributed by atoms with E-state index in [1.807, 2.05) is 19.1 Å². The monoisotopic (exact) mass is 279 g/mol. The van der Waals surface area contributed by atoms with Crippen molar-refractivity contribution in [2.75, 3.05) is 11.4 Å². The van der Waals surface area contributed by atoms with E-state index >= 15 is 0 Å². The van der Waals surface area contributed by atoms with Crippen LogP contribution in [0.25, 0.3) is 0 Å². The first-order chi connectivity index (χ1) is 8.97. The van der Waals surface area contributed by atoms with Crippen molar-refractivity contribution in [2.24, 2.45) is 5.73 Å². The molecular weight excluding hydrogens is 266 g/mol. The molecule has 1 aromatic carbocycles. The summed E-state index contributed by atoms with van der Waals surface area (Å²) < 4.78 is 0. The third-order valence-corrected chi connectivity index (χ3v) is 3.65. The van der Waals surface area contributed by atoms with Crippen LogP contribution in [0, 0.1) is 6.92 Å². The lowest BCUT2D eigenvalue weighted by Gasteiger charge is -2.26. The number of hydrogen-bond acceptors (Lipinski definition) is 5. The number of benzene rings is 1. The molecular formula is C12H13N3O3S. The SMILES string of the molecule is Cc1ccc(N(CC(N)=O)[C@@H]2SC(=O)NC2=O)cc1. The van der Waals surface area contributed by atoms with Crippen molar-refractivity contribution < 1.29 is 14.4 Å². The lowest BCUT2D eigenvalue weighted by atomic mass is 10.2. The van der Waals surface area contributed by atoms with Gasteiger partial charge in [-0.05, 0) is 30.8 Å². The highest BCUT2D eigenvalue weighted by Crippen LogP contribution is 2.27. The van der Waals surface area contributed by atoms with Crippen molar-refractivity contribution in [3.05, 3.63) is 29.8 Å². The number of rotatable bonds is 4. The van der Waals surface area contributed by atoms with Gasteiger partial charge in [0.05, 0.1) is 6.54 Å². The van der Waals surface area contributed by atoms with Crippen LogP contribution in [0.3, 0.4) is 0 Å². The molecule has 7 heteroatoms. The number of primary amides is 1. The summed E-state index contributed by atoms with van der Waals surface area (Å²) in [6.45, 7) is 1.81. The molecule has 1 aliphatic rings. The number of aryl methyl sites for hydroxylation is 1. The zero-order valence-corrected chi connectivity index (χ0v) is 11.1. The summed E-state index contributed by atoms with van der Waals surface area (Å²) in [7, 11) is 0. The molecule has 6 nitrogen and oxygen atoms in total. The fraction of sp³-hybridized carbons (Fsp3) is 0.250. The predicted octanol–water partition coefficient (Wildman–Crippen LogP) is 0.596. The maximum absolute atomic E-state index is 11.7. The Morgan fingerprint density at radius 2 is 2.00 bits per heavy atom. The zero-order valence-electron chi connectivity index (χ0n) is 10.3. The number of hydrogen-bond donors (Lipinski definition) is 2. The molecule has 1 atom stereocenters. The van der Waals surface area contributed by atoms with E-state index < -0.39 is 22.4 Å². The molecule has 1 aliphatic heterocycles. The van der Waals surface area contributed by atoms with Crippen LogP contribution in [0.1, 0.15) is 5.56 Å². The molecule has 3 amide bonds. The van der Waals surface area contributed by atoms with Gasteiger partial charge >= 0.3 is 0 Å². The molecule has 1 aromatic rings. The molecule has 2 rings (SSSR count). The number of carbonyl (C=O) groups excluding carboxylic acids is 3. The van der Waals surface area contributed by atoms with Gasteiger partial charge in [0.1, 0.15) is 0 Å². The molecule has 1 saturated heterocycles. The number of nitrogens with zero attached hydrogens (tertiary/aromatic N) is 1. The van der Waals surface area contributed by atoms with Gasteiger partial charge < -0.3 is 10.6 Å². The molecule has 0 saturated carbocycles. The van der Waals surface area contributed by atoms with Crippen LogP contribution < -0.4 is 16.0 Å². The third-order valence-electron chi connectivity index (χ3n) is 2.64. The Labute approximate surface area is 114 Å². The maximum Gasteiger partial charge on any atom is 0.288 e. The van der Waals surface area contributed by atoms with E-state index in [1.165, 1.54) is 4.90 Å². The summed E-state index contributed by atoms with van der Waals surface area (Å²) in [5.41, 5.74) is 6.93. The molecule has 0 aromatic heterocycles. The van der Waals surface area contributed by atoms with Crippen LogP contribution >= 0.6 is 11.8 Å². The highest BCUT2D eigenvalue weighted by Gasteiger charge is 2.37. The first-order valence-corrected chi connectivity index (χ1v) is 6.48. The second-order valence-electron chi connectivity index (χ2n) is 4.18. The quantitative estimate of drug-likeness (QED) is 0.841. The Kier molecular flexibility index (Phi) is 3.75. The van der Waals surface area contributed by atoms with Crippen molar-refractivity contribution >= 4 is 34.5 Å². The van der Waals surface area contributed by atoms with E-state index in [4.69, 9.17) is 5.73 Å². The minimum atomic E-state index is -0.761. The van der Waals surface area contributed by atoms with Crippen LogP contribution in [0.15, 0.2) is 24.3 Å². The summed E-state index contributed by atoms with van der Waals surface area (Å²) in [5.74, 6) is -0.995. The first kappa shape index (κ1) is 13.4. The van der Waals surface area contributed by atoms with Crippen molar-refractivity contribution in [1.82, 2.24) is 5.32 Å². The normalized spacial score (nSPS) is 18.3. The Morgan fingerprint density at radius 3 is 2.47 bits per heavy atom. The molecule has 1 heterocycles. The number of imide groups is 1. The Hall–Kier alpha value is -2.02. The average molecular weight is 279 g/mol. The first-order valence-electron chi connectivity index (χ1n) is 5.60. The molecule has 19 heavy (non-hydrogen) atoms. The Bertz CT molecular complexity index is 530. The standard InChI is InChI=1S/C12H13N3O3S/c1-7-2-4-8(5-3-7)15(6-9(13)16)11-10(17)14-12(18)19-11/h2-5,11H,6H2,1H3,(H2,13,16)(H,14,17,18)/t11-/m1/s1. The van der Waals surface area contributed by atoms with E-state index in [1.54, 1.807) is 12.1 Å². The van der Waals surface area contributed by atoms with Crippen molar-refractivity contribution in [3.63, 3.8) is 0 Å². The number of carbonyl (C=O) groups is 3. The highest BCUT2D eigenvalue weighted by atomic mass is 32.2. The van der Waals surface area contributed by atoms with Gasteiger partial charge in [0.15, 0.2) is 5.37 Å². The third kappa shape index (κ3) is 3.05. The minimum absolute atomic E-state index is 0.124. The van der Waals surface area contributed by atoms with Crippen LogP contribution in [0.5, 0.6) is 0 Å². The molecule has 0 spiro atoms. The van der Waals surface area contributed by atoms with Crippen molar-refractivity contribution in [3.8, 4) is 0 Å². The summed E-state index contributed by atoms with van der Waals surface area (Å²) >= 11 is 0.841. The van der Waals surface area contributed by atoms with Crippen LogP contribution in [-0.4, -0.2) is 29.0 Å². The fourth-order valence-corrected chi connectivity index (χ4v) is 2.62. The van der Waals surface area contributed by atoms with Gasteiger partial charge in [-0.15, -0.1) is 0 Å². The second-order valence-corrected chi connectivity index (χ2v) is 5.23. The Morgan fingerprint density at radius 1 is 1.37 bits per heavy atom. The smallest absolute Gasteiger partial charge is 0.288 e. The fourth-order valence-electron chi connectivity index (χ4n) is 1.77. The maximum atomic E-state index is 11.7. The molecule has 0 unspecified atom stereocenters. The molecule has 3 N–H and O–H groups in total.